The molecule has 2 heterocycles. The number of hydrogen-bond donors (Lipinski definition) is 1. The highest BCUT2D eigenvalue weighted by Crippen LogP contribution is 2.22. The molecule has 1 aromatic carbocycles. The van der Waals surface area contributed by atoms with Crippen molar-refractivity contribution in [2.45, 2.75) is 17.4 Å². The Morgan fingerprint density at radius 3 is 2.46 bits per heavy atom. The van der Waals surface area contributed by atoms with Crippen LogP contribution in [0.5, 0.6) is 0 Å². The molecule has 1 N–H and O–H groups in total. The smallest absolute Gasteiger partial charge is 0.246 e. The van der Waals surface area contributed by atoms with Gasteiger partial charge in [0.2, 0.25) is 10.0 Å². The first-order chi connectivity index (χ1) is 11.2. The van der Waals surface area contributed by atoms with E-state index in [1.165, 1.54) is 16.4 Å². The van der Waals surface area contributed by atoms with E-state index in [0.29, 0.717) is 19.5 Å². The van der Waals surface area contributed by atoms with Gasteiger partial charge >= 0.3 is 0 Å². The third-order valence-corrected chi connectivity index (χ3v) is 8.62. The molecule has 0 spiro atoms. The molecule has 0 aromatic heterocycles. The standard InChI is InChI=1S/C14H18ClFN2O4S2/c15-11-1-2-14(13(16)9-11)24(21,22)18-6-4-17(5-7-18)12-3-8-23(19,20)10-12/h1-2,9,12H,3-8,10H2/p+1/t12-/m1/s1. The fourth-order valence-corrected chi connectivity index (χ4v) is 6.83. The molecule has 0 unspecified atom stereocenters. The van der Waals surface area contributed by atoms with Crippen LogP contribution in [-0.2, 0) is 19.9 Å². The lowest BCUT2D eigenvalue weighted by Gasteiger charge is -2.34. The Hall–Kier alpha value is -0.740. The zero-order chi connectivity index (χ0) is 17.5. The van der Waals surface area contributed by atoms with Crippen molar-refractivity contribution in [1.82, 2.24) is 4.31 Å². The summed E-state index contributed by atoms with van der Waals surface area (Å²) in [5.41, 5.74) is 0. The molecule has 0 radical (unpaired) electrons. The molecule has 2 saturated heterocycles. The van der Waals surface area contributed by atoms with Gasteiger partial charge in [0, 0.05) is 11.4 Å². The van der Waals surface area contributed by atoms with Crippen molar-refractivity contribution in [3.05, 3.63) is 29.0 Å². The van der Waals surface area contributed by atoms with Crippen molar-refractivity contribution in [3.8, 4) is 0 Å². The Balaban J connectivity index is 1.70. The minimum Gasteiger partial charge on any atom is -0.329 e. The second-order valence-electron chi connectivity index (χ2n) is 6.24. The lowest BCUT2D eigenvalue weighted by Crippen LogP contribution is -3.18. The number of nitrogens with zero attached hydrogens (tertiary/aromatic N) is 1. The fourth-order valence-electron chi connectivity index (χ4n) is 3.36. The number of rotatable bonds is 3. The first kappa shape index (κ1) is 18.1. The first-order valence-electron chi connectivity index (χ1n) is 7.69. The molecule has 134 valence electrons. The van der Waals surface area contributed by atoms with E-state index in [9.17, 15) is 21.2 Å². The van der Waals surface area contributed by atoms with E-state index in [1.807, 2.05) is 0 Å². The predicted octanol–water partition coefficient (Wildman–Crippen LogP) is -0.445. The molecule has 2 aliphatic heterocycles. The number of sulfonamides is 1. The Morgan fingerprint density at radius 2 is 1.92 bits per heavy atom. The van der Waals surface area contributed by atoms with Gasteiger partial charge in [0.05, 0.1) is 31.9 Å². The van der Waals surface area contributed by atoms with Gasteiger partial charge in [-0.05, 0) is 18.2 Å². The summed E-state index contributed by atoms with van der Waals surface area (Å²) < 4.78 is 63.5. The number of benzene rings is 1. The van der Waals surface area contributed by atoms with Crippen molar-refractivity contribution in [2.24, 2.45) is 0 Å². The summed E-state index contributed by atoms with van der Waals surface area (Å²) in [6.45, 7) is 1.54. The van der Waals surface area contributed by atoms with Crippen LogP contribution < -0.4 is 4.90 Å². The van der Waals surface area contributed by atoms with E-state index in [0.717, 1.165) is 11.0 Å². The number of halogens is 2. The Morgan fingerprint density at radius 1 is 1.25 bits per heavy atom. The van der Waals surface area contributed by atoms with E-state index in [4.69, 9.17) is 11.6 Å². The number of sulfone groups is 1. The molecule has 10 heteroatoms. The van der Waals surface area contributed by atoms with Gasteiger partial charge in [-0.2, -0.15) is 4.31 Å². The Bertz CT molecular complexity index is 836. The van der Waals surface area contributed by atoms with Crippen LogP contribution in [0.25, 0.3) is 0 Å². The van der Waals surface area contributed by atoms with Crippen LogP contribution in [0.1, 0.15) is 6.42 Å². The van der Waals surface area contributed by atoms with Crippen LogP contribution in [0.4, 0.5) is 4.39 Å². The van der Waals surface area contributed by atoms with Crippen molar-refractivity contribution in [1.29, 1.82) is 0 Å². The molecule has 3 rings (SSSR count). The predicted molar refractivity (Wildman–Crippen MR) is 87.9 cm³/mol. The maximum absolute atomic E-state index is 13.9. The summed E-state index contributed by atoms with van der Waals surface area (Å²) in [5, 5.41) is 0.142. The molecule has 0 saturated carbocycles. The van der Waals surface area contributed by atoms with Crippen molar-refractivity contribution >= 4 is 31.5 Å². The van der Waals surface area contributed by atoms with Gasteiger partial charge in [0.15, 0.2) is 9.84 Å². The van der Waals surface area contributed by atoms with E-state index < -0.39 is 25.7 Å². The zero-order valence-electron chi connectivity index (χ0n) is 12.9. The van der Waals surface area contributed by atoms with Gasteiger partial charge in [0.1, 0.15) is 22.5 Å². The summed E-state index contributed by atoms with van der Waals surface area (Å²) in [7, 11) is -6.87. The van der Waals surface area contributed by atoms with Gasteiger partial charge in [-0.3, -0.25) is 0 Å². The van der Waals surface area contributed by atoms with Gasteiger partial charge in [-0.25, -0.2) is 21.2 Å². The summed E-state index contributed by atoms with van der Waals surface area (Å²) >= 11 is 5.67. The Labute approximate surface area is 146 Å². The molecule has 1 aromatic rings. The number of quaternary nitrogens is 1. The zero-order valence-corrected chi connectivity index (χ0v) is 15.3. The fraction of sp³-hybridized carbons (Fsp3) is 0.571. The molecule has 6 nitrogen and oxygen atoms in total. The van der Waals surface area contributed by atoms with Gasteiger partial charge < -0.3 is 4.90 Å². The number of hydrogen-bond acceptors (Lipinski definition) is 4. The van der Waals surface area contributed by atoms with E-state index in [1.54, 1.807) is 0 Å². The van der Waals surface area contributed by atoms with E-state index >= 15 is 0 Å². The van der Waals surface area contributed by atoms with Crippen LogP contribution in [0.3, 0.4) is 0 Å². The highest BCUT2D eigenvalue weighted by atomic mass is 35.5. The van der Waals surface area contributed by atoms with Crippen LogP contribution in [-0.4, -0.2) is 64.9 Å². The average Bonchev–Trinajstić information content (AvgIpc) is 2.87. The minimum atomic E-state index is -3.91. The maximum atomic E-state index is 13.9. The van der Waals surface area contributed by atoms with Gasteiger partial charge in [-0.15, -0.1) is 0 Å². The molecule has 2 aliphatic rings. The van der Waals surface area contributed by atoms with E-state index in [-0.39, 0.29) is 40.6 Å². The summed E-state index contributed by atoms with van der Waals surface area (Å²) in [5.74, 6) is -0.487. The minimum absolute atomic E-state index is 0.0344. The van der Waals surface area contributed by atoms with Crippen molar-refractivity contribution in [2.75, 3.05) is 37.7 Å². The second-order valence-corrected chi connectivity index (χ2v) is 10.8. The third-order valence-electron chi connectivity index (χ3n) is 4.69. The topological polar surface area (TPSA) is 76.0 Å². The van der Waals surface area contributed by atoms with Crippen molar-refractivity contribution < 1.29 is 26.1 Å². The summed E-state index contributed by atoms with van der Waals surface area (Å²) in [6.07, 6.45) is 0.621. The second kappa shape index (κ2) is 6.53. The maximum Gasteiger partial charge on any atom is 0.246 e. The third kappa shape index (κ3) is 3.60. The van der Waals surface area contributed by atoms with Crippen molar-refractivity contribution in [3.63, 3.8) is 0 Å². The molecule has 0 bridgehead atoms. The molecular formula is C14H19ClFN2O4S2+. The molecule has 24 heavy (non-hydrogen) atoms. The first-order valence-corrected chi connectivity index (χ1v) is 11.3. The van der Waals surface area contributed by atoms with Gasteiger partial charge in [0.25, 0.3) is 0 Å². The molecule has 2 fully saturated rings. The lowest BCUT2D eigenvalue weighted by molar-refractivity contribution is -0.925. The van der Waals surface area contributed by atoms with Gasteiger partial charge in [-0.1, -0.05) is 11.6 Å². The summed E-state index contributed by atoms with van der Waals surface area (Å²) in [4.78, 5) is 0.734. The Kier molecular flexibility index (Phi) is 4.91. The summed E-state index contributed by atoms with van der Waals surface area (Å²) in [6, 6.07) is 3.55. The number of piperazine rings is 1. The lowest BCUT2D eigenvalue weighted by atomic mass is 10.2. The molecule has 0 amide bonds. The van der Waals surface area contributed by atoms with Crippen LogP contribution in [0, 0.1) is 5.82 Å². The highest BCUT2D eigenvalue weighted by Gasteiger charge is 2.39. The normalized spacial score (nSPS) is 25.8. The molecule has 0 aliphatic carbocycles. The highest BCUT2D eigenvalue weighted by molar-refractivity contribution is 7.91. The van der Waals surface area contributed by atoms with Crippen LogP contribution in [0.15, 0.2) is 23.1 Å². The SMILES string of the molecule is O=S1(=O)CC[C@@H]([NH+]2CCN(S(=O)(=O)c3ccc(Cl)cc3F)CC2)C1. The largest absolute Gasteiger partial charge is 0.329 e. The van der Waals surface area contributed by atoms with Crippen LogP contribution >= 0.6 is 11.6 Å². The van der Waals surface area contributed by atoms with E-state index in [2.05, 4.69) is 0 Å². The molecular weight excluding hydrogens is 379 g/mol. The van der Waals surface area contributed by atoms with Crippen LogP contribution in [0.2, 0.25) is 5.02 Å². The monoisotopic (exact) mass is 397 g/mol. The average molecular weight is 398 g/mol. The quantitative estimate of drug-likeness (QED) is 0.750. The molecule has 1 atom stereocenters. The number of nitrogens with one attached hydrogen (secondary N) is 1.